The maximum absolute atomic E-state index is 9.45. The van der Waals surface area contributed by atoms with E-state index in [1.807, 2.05) is 6.07 Å². The van der Waals surface area contributed by atoms with Crippen LogP contribution in [0.2, 0.25) is 0 Å². The first-order valence-electron chi connectivity index (χ1n) is 7.51. The third-order valence-electron chi connectivity index (χ3n) is 5.02. The summed E-state index contributed by atoms with van der Waals surface area (Å²) in [7, 11) is 0. The molecule has 2 aromatic rings. The maximum Gasteiger partial charge on any atom is 0.110 e. The van der Waals surface area contributed by atoms with E-state index in [0.717, 1.165) is 23.5 Å². The number of oxime groups is 1. The summed E-state index contributed by atoms with van der Waals surface area (Å²) in [5.74, 6) is 2.18. The maximum atomic E-state index is 9.45. The van der Waals surface area contributed by atoms with Crippen LogP contribution in [0, 0.1) is 11.8 Å². The highest BCUT2D eigenvalue weighted by molar-refractivity contribution is 5.94. The van der Waals surface area contributed by atoms with Gasteiger partial charge in [-0.3, -0.25) is 0 Å². The molecule has 2 saturated carbocycles. The van der Waals surface area contributed by atoms with Crippen LogP contribution in [-0.2, 0) is 6.42 Å². The Bertz CT molecular complexity index is 688. The first-order valence-corrected chi connectivity index (χ1v) is 7.51. The molecule has 4 heteroatoms. The standard InChI is InChI=1S/C16H19N3O/c1-2-14-17-12-5-3-4-6-13(12)19(14)16-11-8-7-10(9-11)15(16)18-20/h3-6,10-11,16,20H,2,7-9H2,1H3/b18-15+/t10-,11-,16+/m0/s1. The van der Waals surface area contributed by atoms with Crippen molar-refractivity contribution in [2.24, 2.45) is 17.0 Å². The van der Waals surface area contributed by atoms with Gasteiger partial charge in [0.1, 0.15) is 5.82 Å². The van der Waals surface area contributed by atoms with Gasteiger partial charge in [-0.2, -0.15) is 0 Å². The number of fused-ring (bicyclic) bond motifs is 3. The number of imidazole rings is 1. The van der Waals surface area contributed by atoms with Gasteiger partial charge in [-0.1, -0.05) is 24.2 Å². The molecular formula is C16H19N3O. The van der Waals surface area contributed by atoms with Gasteiger partial charge in [-0.25, -0.2) is 4.98 Å². The highest BCUT2D eigenvalue weighted by Crippen LogP contribution is 2.50. The van der Waals surface area contributed by atoms with Crippen LogP contribution in [0.3, 0.4) is 0 Å². The number of benzene rings is 1. The number of rotatable bonds is 2. The molecule has 2 aliphatic carbocycles. The molecule has 0 radical (unpaired) electrons. The smallest absolute Gasteiger partial charge is 0.110 e. The van der Waals surface area contributed by atoms with Gasteiger partial charge >= 0.3 is 0 Å². The summed E-state index contributed by atoms with van der Waals surface area (Å²) in [5.41, 5.74) is 3.19. The molecule has 2 bridgehead atoms. The number of hydrogen-bond donors (Lipinski definition) is 1. The fourth-order valence-electron chi connectivity index (χ4n) is 4.19. The van der Waals surface area contributed by atoms with Crippen molar-refractivity contribution in [2.45, 2.75) is 38.6 Å². The lowest BCUT2D eigenvalue weighted by atomic mass is 9.92. The monoisotopic (exact) mass is 269 g/mol. The second-order valence-corrected chi connectivity index (χ2v) is 5.98. The van der Waals surface area contributed by atoms with E-state index in [-0.39, 0.29) is 6.04 Å². The molecule has 20 heavy (non-hydrogen) atoms. The summed E-state index contributed by atoms with van der Waals surface area (Å²) in [6.07, 6.45) is 4.49. The minimum absolute atomic E-state index is 0.209. The first-order chi connectivity index (χ1) is 9.83. The van der Waals surface area contributed by atoms with Crippen LogP contribution >= 0.6 is 0 Å². The van der Waals surface area contributed by atoms with Crippen molar-refractivity contribution < 1.29 is 5.21 Å². The Labute approximate surface area is 118 Å². The van der Waals surface area contributed by atoms with Crippen molar-refractivity contribution in [1.82, 2.24) is 9.55 Å². The fraction of sp³-hybridized carbons (Fsp3) is 0.500. The summed E-state index contributed by atoms with van der Waals surface area (Å²) < 4.78 is 2.33. The molecule has 0 amide bonds. The molecule has 2 fully saturated rings. The van der Waals surface area contributed by atoms with Gasteiger partial charge in [0.25, 0.3) is 0 Å². The quantitative estimate of drug-likeness (QED) is 0.671. The largest absolute Gasteiger partial charge is 0.411 e. The van der Waals surface area contributed by atoms with E-state index in [1.54, 1.807) is 0 Å². The van der Waals surface area contributed by atoms with Crippen molar-refractivity contribution in [2.75, 3.05) is 0 Å². The molecule has 3 atom stereocenters. The summed E-state index contributed by atoms with van der Waals surface area (Å²) in [5, 5.41) is 13.1. The molecule has 4 nitrogen and oxygen atoms in total. The van der Waals surface area contributed by atoms with Gasteiger partial charge in [0.05, 0.1) is 22.8 Å². The zero-order valence-electron chi connectivity index (χ0n) is 11.7. The van der Waals surface area contributed by atoms with E-state index < -0.39 is 0 Å². The lowest BCUT2D eigenvalue weighted by Crippen LogP contribution is -2.27. The van der Waals surface area contributed by atoms with E-state index >= 15 is 0 Å². The Morgan fingerprint density at radius 3 is 3.00 bits per heavy atom. The van der Waals surface area contributed by atoms with Crippen LogP contribution < -0.4 is 0 Å². The number of hydrogen-bond acceptors (Lipinski definition) is 3. The SMILES string of the molecule is CCc1nc2ccccc2n1[C@H]1/C(=N/O)[C@H]2CC[C@H]1C2. The van der Waals surface area contributed by atoms with Crippen molar-refractivity contribution in [3.63, 3.8) is 0 Å². The molecular weight excluding hydrogens is 250 g/mol. The van der Waals surface area contributed by atoms with Crippen LogP contribution in [0.5, 0.6) is 0 Å². The lowest BCUT2D eigenvalue weighted by molar-refractivity contribution is 0.307. The third kappa shape index (κ3) is 1.48. The number of nitrogens with zero attached hydrogens (tertiary/aromatic N) is 3. The Morgan fingerprint density at radius 1 is 1.35 bits per heavy atom. The van der Waals surface area contributed by atoms with Crippen LogP contribution in [0.1, 0.15) is 38.1 Å². The van der Waals surface area contributed by atoms with E-state index in [0.29, 0.717) is 11.8 Å². The Hall–Kier alpha value is -1.84. The molecule has 0 aliphatic heterocycles. The number of aromatic nitrogens is 2. The van der Waals surface area contributed by atoms with Crippen molar-refractivity contribution in [1.29, 1.82) is 0 Å². The Morgan fingerprint density at radius 2 is 2.20 bits per heavy atom. The second-order valence-electron chi connectivity index (χ2n) is 5.98. The van der Waals surface area contributed by atoms with E-state index in [1.165, 1.54) is 24.8 Å². The summed E-state index contributed by atoms with van der Waals surface area (Å²) in [4.78, 5) is 4.75. The topological polar surface area (TPSA) is 50.4 Å². The number of para-hydroxylation sites is 2. The minimum Gasteiger partial charge on any atom is -0.411 e. The normalized spacial score (nSPS) is 30.6. The average molecular weight is 269 g/mol. The molecule has 1 aromatic heterocycles. The fourth-order valence-corrected chi connectivity index (χ4v) is 4.19. The van der Waals surface area contributed by atoms with E-state index in [9.17, 15) is 5.21 Å². The molecule has 2 aliphatic rings. The van der Waals surface area contributed by atoms with Crippen molar-refractivity contribution in [3.8, 4) is 0 Å². The van der Waals surface area contributed by atoms with Crippen LogP contribution in [0.15, 0.2) is 29.4 Å². The predicted molar refractivity (Wildman–Crippen MR) is 78.2 cm³/mol. The van der Waals surface area contributed by atoms with Gasteiger partial charge in [-0.15, -0.1) is 0 Å². The molecule has 1 aromatic carbocycles. The van der Waals surface area contributed by atoms with Crippen LogP contribution in [0.25, 0.3) is 11.0 Å². The molecule has 0 saturated heterocycles. The van der Waals surface area contributed by atoms with Crippen molar-refractivity contribution >= 4 is 16.7 Å². The van der Waals surface area contributed by atoms with E-state index in [4.69, 9.17) is 4.98 Å². The van der Waals surface area contributed by atoms with Gasteiger partial charge in [0, 0.05) is 12.3 Å². The van der Waals surface area contributed by atoms with Gasteiger partial charge in [0.2, 0.25) is 0 Å². The summed E-state index contributed by atoms with van der Waals surface area (Å²) in [6.45, 7) is 2.14. The van der Waals surface area contributed by atoms with Crippen LogP contribution in [0.4, 0.5) is 0 Å². The highest BCUT2D eigenvalue weighted by atomic mass is 16.4. The Balaban J connectivity index is 1.93. The lowest BCUT2D eigenvalue weighted by Gasteiger charge is -2.26. The average Bonchev–Trinajstić information content (AvgIpc) is 3.17. The molecule has 1 heterocycles. The van der Waals surface area contributed by atoms with Crippen LogP contribution in [-0.4, -0.2) is 20.5 Å². The predicted octanol–water partition coefficient (Wildman–Crippen LogP) is 3.40. The zero-order valence-corrected chi connectivity index (χ0v) is 11.7. The molecule has 104 valence electrons. The summed E-state index contributed by atoms with van der Waals surface area (Å²) >= 11 is 0. The molecule has 1 N–H and O–H groups in total. The van der Waals surface area contributed by atoms with Crippen molar-refractivity contribution in [3.05, 3.63) is 30.1 Å². The Kier molecular flexibility index (Phi) is 2.59. The number of aryl methyl sites for hydroxylation is 1. The van der Waals surface area contributed by atoms with E-state index in [2.05, 4.69) is 34.8 Å². The minimum atomic E-state index is 0.209. The molecule has 0 spiro atoms. The second kappa shape index (κ2) is 4.33. The molecule has 4 rings (SSSR count). The van der Waals surface area contributed by atoms with Gasteiger partial charge in [-0.05, 0) is 37.3 Å². The van der Waals surface area contributed by atoms with Gasteiger partial charge in [0.15, 0.2) is 0 Å². The van der Waals surface area contributed by atoms with Gasteiger partial charge < -0.3 is 9.77 Å². The first kappa shape index (κ1) is 11.9. The molecule has 0 unspecified atom stereocenters. The zero-order chi connectivity index (χ0) is 13.7. The third-order valence-corrected chi connectivity index (χ3v) is 5.02. The summed E-state index contributed by atoms with van der Waals surface area (Å²) in [6, 6.07) is 8.49. The highest BCUT2D eigenvalue weighted by Gasteiger charge is 2.47.